The van der Waals surface area contributed by atoms with Crippen LogP contribution in [0.3, 0.4) is 0 Å². The summed E-state index contributed by atoms with van der Waals surface area (Å²) in [6, 6.07) is 15.7. The molecule has 0 bridgehead atoms. The van der Waals surface area contributed by atoms with E-state index in [-0.39, 0.29) is 11.9 Å². The van der Waals surface area contributed by atoms with Crippen LogP contribution in [0.1, 0.15) is 40.7 Å². The largest absolute Gasteiger partial charge is 0.361 e. The molecule has 1 aliphatic rings. The molecular formula is C22H20N4O2. The predicted molar refractivity (Wildman–Crippen MR) is 105 cm³/mol. The van der Waals surface area contributed by atoms with E-state index in [1.807, 2.05) is 77.1 Å². The van der Waals surface area contributed by atoms with Crippen molar-refractivity contribution in [2.24, 2.45) is 0 Å². The van der Waals surface area contributed by atoms with Gasteiger partial charge in [-0.2, -0.15) is 0 Å². The molecule has 0 saturated carbocycles. The van der Waals surface area contributed by atoms with E-state index < -0.39 is 0 Å². The Morgan fingerprint density at radius 1 is 1.14 bits per heavy atom. The lowest BCUT2D eigenvalue weighted by atomic mass is 10.1. The Morgan fingerprint density at radius 3 is 2.79 bits per heavy atom. The van der Waals surface area contributed by atoms with Crippen LogP contribution < -0.4 is 0 Å². The van der Waals surface area contributed by atoms with Gasteiger partial charge in [-0.15, -0.1) is 0 Å². The number of nitrogens with zero attached hydrogens (tertiary/aromatic N) is 4. The number of likely N-dealkylation sites (tertiary alicyclic amines) is 1. The molecule has 0 N–H and O–H groups in total. The highest BCUT2D eigenvalue weighted by Gasteiger charge is 2.32. The molecule has 1 aromatic carbocycles. The van der Waals surface area contributed by atoms with E-state index in [1.165, 1.54) is 0 Å². The fraction of sp³-hybridized carbons (Fsp3) is 0.227. The van der Waals surface area contributed by atoms with Gasteiger partial charge in [0, 0.05) is 30.6 Å². The van der Waals surface area contributed by atoms with E-state index in [0.717, 1.165) is 47.7 Å². The molecule has 1 unspecified atom stereocenters. The number of aryl methyl sites for hydroxylation is 1. The molecule has 3 aromatic heterocycles. The standard InChI is InChI=1S/C22H20N4O2/c1-15-12-18(24-28-15)20-8-5-11-26(20)22(27)17-9-10-21-23-19(14-25(21)13-17)16-6-3-2-4-7-16/h2-4,6-7,9-10,12-14,20H,5,8,11H2,1H3. The molecule has 140 valence electrons. The number of imidazole rings is 1. The summed E-state index contributed by atoms with van der Waals surface area (Å²) in [4.78, 5) is 19.7. The van der Waals surface area contributed by atoms with Gasteiger partial charge >= 0.3 is 0 Å². The maximum Gasteiger partial charge on any atom is 0.255 e. The zero-order valence-electron chi connectivity index (χ0n) is 15.6. The van der Waals surface area contributed by atoms with Gasteiger partial charge in [-0.25, -0.2) is 4.98 Å². The molecule has 1 saturated heterocycles. The van der Waals surface area contributed by atoms with Crippen LogP contribution in [0.5, 0.6) is 0 Å². The van der Waals surface area contributed by atoms with Crippen LogP contribution in [-0.4, -0.2) is 31.9 Å². The second-order valence-corrected chi connectivity index (χ2v) is 7.19. The van der Waals surface area contributed by atoms with Gasteiger partial charge in [-0.1, -0.05) is 35.5 Å². The van der Waals surface area contributed by atoms with Gasteiger partial charge in [0.05, 0.1) is 17.3 Å². The molecule has 4 aromatic rings. The topological polar surface area (TPSA) is 63.6 Å². The number of benzene rings is 1. The maximum absolute atomic E-state index is 13.2. The van der Waals surface area contributed by atoms with E-state index >= 15 is 0 Å². The van der Waals surface area contributed by atoms with Crippen molar-refractivity contribution in [2.45, 2.75) is 25.8 Å². The van der Waals surface area contributed by atoms with Gasteiger partial charge < -0.3 is 13.8 Å². The van der Waals surface area contributed by atoms with E-state index in [4.69, 9.17) is 4.52 Å². The number of hydrogen-bond acceptors (Lipinski definition) is 4. The summed E-state index contributed by atoms with van der Waals surface area (Å²) in [6.07, 6.45) is 5.70. The van der Waals surface area contributed by atoms with Gasteiger partial charge in [0.15, 0.2) is 0 Å². The number of aromatic nitrogens is 3. The zero-order valence-corrected chi connectivity index (χ0v) is 15.6. The summed E-state index contributed by atoms with van der Waals surface area (Å²) < 4.78 is 7.13. The first-order valence-corrected chi connectivity index (χ1v) is 9.47. The minimum Gasteiger partial charge on any atom is -0.361 e. The quantitative estimate of drug-likeness (QED) is 0.539. The molecule has 1 atom stereocenters. The number of carbonyl (C=O) groups excluding carboxylic acids is 1. The highest BCUT2D eigenvalue weighted by molar-refractivity contribution is 5.94. The van der Waals surface area contributed by atoms with Crippen LogP contribution in [0.25, 0.3) is 16.9 Å². The van der Waals surface area contributed by atoms with Crippen molar-refractivity contribution >= 4 is 11.6 Å². The molecule has 28 heavy (non-hydrogen) atoms. The number of fused-ring (bicyclic) bond motifs is 1. The molecule has 5 rings (SSSR count). The third-order valence-corrected chi connectivity index (χ3v) is 5.27. The van der Waals surface area contributed by atoms with Crippen LogP contribution in [0.4, 0.5) is 0 Å². The van der Waals surface area contributed by atoms with Gasteiger partial charge in [0.1, 0.15) is 17.1 Å². The van der Waals surface area contributed by atoms with E-state index in [1.54, 1.807) is 0 Å². The molecule has 1 fully saturated rings. The lowest BCUT2D eigenvalue weighted by Gasteiger charge is -2.23. The van der Waals surface area contributed by atoms with Crippen molar-refractivity contribution in [3.8, 4) is 11.3 Å². The molecule has 0 radical (unpaired) electrons. The third-order valence-electron chi connectivity index (χ3n) is 5.27. The van der Waals surface area contributed by atoms with Crippen molar-refractivity contribution in [1.29, 1.82) is 0 Å². The van der Waals surface area contributed by atoms with Gasteiger partial charge in [0.25, 0.3) is 5.91 Å². The van der Waals surface area contributed by atoms with Crippen molar-refractivity contribution in [1.82, 2.24) is 19.4 Å². The molecule has 4 heterocycles. The highest BCUT2D eigenvalue weighted by Crippen LogP contribution is 2.33. The first-order valence-electron chi connectivity index (χ1n) is 9.47. The molecule has 0 aliphatic carbocycles. The first-order chi connectivity index (χ1) is 13.7. The fourth-order valence-electron chi connectivity index (χ4n) is 3.89. The van der Waals surface area contributed by atoms with E-state index in [9.17, 15) is 4.79 Å². The average molecular weight is 372 g/mol. The van der Waals surface area contributed by atoms with Gasteiger partial charge in [-0.3, -0.25) is 4.79 Å². The van der Waals surface area contributed by atoms with Crippen LogP contribution in [-0.2, 0) is 0 Å². The summed E-state index contributed by atoms with van der Waals surface area (Å²) >= 11 is 0. The lowest BCUT2D eigenvalue weighted by Crippen LogP contribution is -2.30. The summed E-state index contributed by atoms with van der Waals surface area (Å²) in [6.45, 7) is 2.60. The Morgan fingerprint density at radius 2 is 2.00 bits per heavy atom. The van der Waals surface area contributed by atoms with E-state index in [2.05, 4.69) is 10.1 Å². The van der Waals surface area contributed by atoms with Crippen molar-refractivity contribution in [3.05, 3.63) is 77.9 Å². The Labute approximate surface area is 162 Å². The smallest absolute Gasteiger partial charge is 0.255 e. The number of carbonyl (C=O) groups is 1. The normalized spacial score (nSPS) is 16.8. The highest BCUT2D eigenvalue weighted by atomic mass is 16.5. The number of hydrogen-bond donors (Lipinski definition) is 0. The van der Waals surface area contributed by atoms with Crippen LogP contribution in [0.15, 0.2) is 65.4 Å². The zero-order chi connectivity index (χ0) is 19.1. The minimum atomic E-state index is -0.0247. The second kappa shape index (κ2) is 6.64. The number of amides is 1. The summed E-state index contributed by atoms with van der Waals surface area (Å²) in [5.41, 5.74) is 4.25. The Bertz CT molecular complexity index is 1150. The average Bonchev–Trinajstić information content (AvgIpc) is 3.46. The van der Waals surface area contributed by atoms with Crippen molar-refractivity contribution in [2.75, 3.05) is 6.54 Å². The summed E-state index contributed by atoms with van der Waals surface area (Å²) in [7, 11) is 0. The minimum absolute atomic E-state index is 0.0139. The first kappa shape index (κ1) is 16.7. The SMILES string of the molecule is Cc1cc(C2CCCN2C(=O)c2ccc3nc(-c4ccccc4)cn3c2)no1. The Hall–Kier alpha value is -3.41. The van der Waals surface area contributed by atoms with E-state index in [0.29, 0.717) is 5.56 Å². The van der Waals surface area contributed by atoms with Crippen LogP contribution in [0, 0.1) is 6.92 Å². The fourth-order valence-corrected chi connectivity index (χ4v) is 3.89. The maximum atomic E-state index is 13.2. The monoisotopic (exact) mass is 372 g/mol. The van der Waals surface area contributed by atoms with Crippen molar-refractivity contribution in [3.63, 3.8) is 0 Å². The molecule has 1 aliphatic heterocycles. The van der Waals surface area contributed by atoms with Crippen molar-refractivity contribution < 1.29 is 9.32 Å². The molecule has 6 heteroatoms. The van der Waals surface area contributed by atoms with Gasteiger partial charge in [-0.05, 0) is 31.9 Å². The Balaban J connectivity index is 1.46. The number of rotatable bonds is 3. The summed E-state index contributed by atoms with van der Waals surface area (Å²) in [5, 5.41) is 4.13. The van der Waals surface area contributed by atoms with Crippen LogP contribution >= 0.6 is 0 Å². The molecular weight excluding hydrogens is 352 g/mol. The second-order valence-electron chi connectivity index (χ2n) is 7.19. The third kappa shape index (κ3) is 2.87. The summed E-state index contributed by atoms with van der Waals surface area (Å²) in [5.74, 6) is 0.780. The van der Waals surface area contributed by atoms with Crippen LogP contribution in [0.2, 0.25) is 0 Å². The number of pyridine rings is 1. The molecule has 1 amide bonds. The lowest BCUT2D eigenvalue weighted by molar-refractivity contribution is 0.0730. The van der Waals surface area contributed by atoms with Gasteiger partial charge in [0.2, 0.25) is 0 Å². The molecule has 6 nitrogen and oxygen atoms in total. The molecule has 0 spiro atoms. The Kier molecular flexibility index (Phi) is 3.97. The predicted octanol–water partition coefficient (Wildman–Crippen LogP) is 4.28.